The SMILES string of the molecule is CCOC(=O)C(Cc1cccc(B2OC(C)(C)C(C)(C)O2)c1)c1c(SC(C)(C)C)c2cc(O)ccc2n1C. The number of carbonyl (C=O) groups excluding carboxylic acids is 1. The zero-order chi connectivity index (χ0) is 28.0. The van der Waals surface area contributed by atoms with E-state index in [9.17, 15) is 9.90 Å². The van der Waals surface area contributed by atoms with Gasteiger partial charge in [0.1, 0.15) is 11.7 Å². The summed E-state index contributed by atoms with van der Waals surface area (Å²) in [6, 6.07) is 13.5. The summed E-state index contributed by atoms with van der Waals surface area (Å²) < 4.78 is 20.1. The smallest absolute Gasteiger partial charge is 0.494 e. The van der Waals surface area contributed by atoms with Crippen LogP contribution < -0.4 is 5.46 Å². The molecule has 2 aromatic carbocycles. The van der Waals surface area contributed by atoms with Crippen molar-refractivity contribution in [3.63, 3.8) is 0 Å². The van der Waals surface area contributed by atoms with E-state index < -0.39 is 24.2 Å². The van der Waals surface area contributed by atoms with Crippen LogP contribution in [0.4, 0.5) is 0 Å². The Morgan fingerprint density at radius 1 is 1.11 bits per heavy atom. The summed E-state index contributed by atoms with van der Waals surface area (Å²) in [7, 11) is 1.50. The molecule has 0 bridgehead atoms. The number of hydrogen-bond donors (Lipinski definition) is 1. The van der Waals surface area contributed by atoms with Crippen LogP contribution in [0.1, 0.15) is 72.6 Å². The number of aromatic hydroxyl groups is 1. The molecule has 0 saturated carbocycles. The quantitative estimate of drug-likeness (QED) is 0.228. The Bertz CT molecular complexity index is 1320. The van der Waals surface area contributed by atoms with Crippen molar-refractivity contribution in [2.75, 3.05) is 6.61 Å². The van der Waals surface area contributed by atoms with Crippen LogP contribution in [0, 0.1) is 0 Å². The monoisotopic (exact) mass is 537 g/mol. The fourth-order valence-electron chi connectivity index (χ4n) is 4.84. The second-order valence-electron chi connectivity index (χ2n) is 12.0. The van der Waals surface area contributed by atoms with E-state index in [1.807, 2.05) is 65.9 Å². The molecule has 1 saturated heterocycles. The van der Waals surface area contributed by atoms with Gasteiger partial charge in [0, 0.05) is 33.3 Å². The molecule has 38 heavy (non-hydrogen) atoms. The van der Waals surface area contributed by atoms with E-state index in [1.54, 1.807) is 23.9 Å². The maximum Gasteiger partial charge on any atom is 0.494 e. The van der Waals surface area contributed by atoms with Gasteiger partial charge in [-0.3, -0.25) is 4.79 Å². The van der Waals surface area contributed by atoms with Gasteiger partial charge in [0.05, 0.1) is 17.8 Å². The molecule has 1 atom stereocenters. The average Bonchev–Trinajstić information content (AvgIpc) is 3.19. The molecule has 1 N–H and O–H groups in total. The Morgan fingerprint density at radius 2 is 1.76 bits per heavy atom. The highest BCUT2D eigenvalue weighted by Gasteiger charge is 2.51. The molecule has 0 radical (unpaired) electrons. The van der Waals surface area contributed by atoms with Gasteiger partial charge in [0.2, 0.25) is 0 Å². The number of rotatable bonds is 7. The Labute approximate surface area is 231 Å². The van der Waals surface area contributed by atoms with E-state index in [1.165, 1.54) is 0 Å². The molecule has 8 heteroatoms. The number of carbonyl (C=O) groups is 1. The summed E-state index contributed by atoms with van der Waals surface area (Å²) in [6.07, 6.45) is 0.458. The summed E-state index contributed by atoms with van der Waals surface area (Å²) in [4.78, 5) is 14.5. The highest BCUT2D eigenvalue weighted by Crippen LogP contribution is 2.45. The Kier molecular flexibility index (Phi) is 7.74. The van der Waals surface area contributed by atoms with Crippen molar-refractivity contribution in [2.45, 2.75) is 88.6 Å². The van der Waals surface area contributed by atoms with Crippen molar-refractivity contribution in [1.29, 1.82) is 0 Å². The summed E-state index contributed by atoms with van der Waals surface area (Å²) >= 11 is 1.70. The number of fused-ring (bicyclic) bond motifs is 1. The van der Waals surface area contributed by atoms with Crippen LogP contribution in [0.2, 0.25) is 0 Å². The molecule has 6 nitrogen and oxygen atoms in total. The molecular formula is C30H40BNO5S. The fourth-order valence-corrected chi connectivity index (χ4v) is 6.11. The van der Waals surface area contributed by atoms with Crippen molar-refractivity contribution in [3.05, 3.63) is 53.7 Å². The van der Waals surface area contributed by atoms with Gasteiger partial charge < -0.3 is 23.7 Å². The lowest BCUT2D eigenvalue weighted by Gasteiger charge is -2.32. The van der Waals surface area contributed by atoms with Gasteiger partial charge in [-0.15, -0.1) is 11.8 Å². The van der Waals surface area contributed by atoms with Gasteiger partial charge >= 0.3 is 13.1 Å². The predicted octanol–water partition coefficient (Wildman–Crippen LogP) is 5.96. The minimum absolute atomic E-state index is 0.107. The van der Waals surface area contributed by atoms with E-state index in [2.05, 4.69) is 31.4 Å². The van der Waals surface area contributed by atoms with Gasteiger partial charge in [-0.2, -0.15) is 0 Å². The third kappa shape index (κ3) is 5.63. The van der Waals surface area contributed by atoms with Crippen molar-refractivity contribution in [3.8, 4) is 5.75 Å². The van der Waals surface area contributed by atoms with Gasteiger partial charge in [0.15, 0.2) is 0 Å². The highest BCUT2D eigenvalue weighted by atomic mass is 32.2. The lowest BCUT2D eigenvalue weighted by atomic mass is 9.77. The molecule has 2 heterocycles. The number of phenols is 1. The second-order valence-corrected chi connectivity index (χ2v) is 13.9. The number of nitrogens with zero attached hydrogens (tertiary/aromatic N) is 1. The molecular weight excluding hydrogens is 497 g/mol. The number of aryl methyl sites for hydroxylation is 1. The molecule has 4 rings (SSSR count). The number of esters is 1. The Morgan fingerprint density at radius 3 is 2.37 bits per heavy atom. The van der Waals surface area contributed by atoms with E-state index in [-0.39, 0.29) is 16.5 Å². The van der Waals surface area contributed by atoms with Crippen molar-refractivity contribution in [1.82, 2.24) is 4.57 Å². The highest BCUT2D eigenvalue weighted by molar-refractivity contribution is 8.00. The van der Waals surface area contributed by atoms with Crippen LogP contribution in [-0.4, -0.2) is 45.3 Å². The number of thioether (sulfide) groups is 1. The molecule has 204 valence electrons. The van der Waals surface area contributed by atoms with E-state index in [4.69, 9.17) is 14.0 Å². The maximum absolute atomic E-state index is 13.5. The standard InChI is InChI=1S/C30H40BNO5S/c1-10-35-27(34)23(17-19-12-11-13-20(16-19)31-36-29(5,6)30(7,8)37-31)25-26(38-28(2,3)4)22-18-21(33)14-15-24(22)32(25)9/h11-16,18,23,33H,10,17H2,1-9H3. The molecule has 0 aliphatic carbocycles. The zero-order valence-electron chi connectivity index (χ0n) is 24.0. The van der Waals surface area contributed by atoms with E-state index in [0.717, 1.165) is 32.5 Å². The van der Waals surface area contributed by atoms with Crippen LogP contribution in [0.25, 0.3) is 10.9 Å². The Balaban J connectivity index is 1.79. The molecule has 1 fully saturated rings. The van der Waals surface area contributed by atoms with Crippen molar-refractivity contribution in [2.24, 2.45) is 7.05 Å². The van der Waals surface area contributed by atoms with Crippen LogP contribution in [0.15, 0.2) is 47.4 Å². The summed E-state index contributed by atoms with van der Waals surface area (Å²) in [6.45, 7) is 16.7. The first-order valence-corrected chi connectivity index (χ1v) is 14.1. The first kappa shape index (κ1) is 28.6. The maximum atomic E-state index is 13.5. The zero-order valence-corrected chi connectivity index (χ0v) is 24.9. The Hall–Kier alpha value is -2.42. The molecule has 1 unspecified atom stereocenters. The van der Waals surface area contributed by atoms with Crippen LogP contribution in [-0.2, 0) is 32.3 Å². The average molecular weight is 538 g/mol. The van der Waals surface area contributed by atoms with Gasteiger partial charge in [-0.25, -0.2) is 0 Å². The number of ether oxygens (including phenoxy) is 1. The van der Waals surface area contributed by atoms with Gasteiger partial charge in [-0.1, -0.05) is 45.0 Å². The topological polar surface area (TPSA) is 69.9 Å². The second kappa shape index (κ2) is 10.3. The van der Waals surface area contributed by atoms with Crippen molar-refractivity contribution >= 4 is 41.2 Å². The molecule has 3 aromatic rings. The number of phenolic OH excluding ortho intramolecular Hbond substituents is 1. The van der Waals surface area contributed by atoms with Crippen LogP contribution in [0.5, 0.6) is 5.75 Å². The third-order valence-corrected chi connectivity index (χ3v) is 8.65. The third-order valence-electron chi connectivity index (χ3n) is 7.41. The number of hydrogen-bond acceptors (Lipinski definition) is 6. The summed E-state index contributed by atoms with van der Waals surface area (Å²) in [5.74, 6) is -0.597. The molecule has 1 aliphatic heterocycles. The van der Waals surface area contributed by atoms with E-state index in [0.29, 0.717) is 13.0 Å². The van der Waals surface area contributed by atoms with Crippen LogP contribution in [0.3, 0.4) is 0 Å². The summed E-state index contributed by atoms with van der Waals surface area (Å²) in [5.41, 5.74) is 2.91. The lowest BCUT2D eigenvalue weighted by molar-refractivity contribution is -0.145. The lowest BCUT2D eigenvalue weighted by Crippen LogP contribution is -2.41. The normalized spacial score (nSPS) is 17.7. The summed E-state index contributed by atoms with van der Waals surface area (Å²) in [5, 5.41) is 11.2. The first-order valence-electron chi connectivity index (χ1n) is 13.2. The predicted molar refractivity (Wildman–Crippen MR) is 155 cm³/mol. The minimum atomic E-state index is -0.534. The first-order chi connectivity index (χ1) is 17.6. The minimum Gasteiger partial charge on any atom is -0.508 e. The van der Waals surface area contributed by atoms with Crippen LogP contribution >= 0.6 is 11.8 Å². The largest absolute Gasteiger partial charge is 0.508 e. The van der Waals surface area contributed by atoms with Gasteiger partial charge in [-0.05, 0) is 70.3 Å². The molecule has 0 amide bonds. The molecule has 1 aliphatic rings. The van der Waals surface area contributed by atoms with E-state index >= 15 is 0 Å². The van der Waals surface area contributed by atoms with Gasteiger partial charge in [0.25, 0.3) is 0 Å². The number of aromatic nitrogens is 1. The van der Waals surface area contributed by atoms with Crippen molar-refractivity contribution < 1.29 is 23.9 Å². The molecule has 1 aromatic heterocycles. The fraction of sp³-hybridized carbons (Fsp3) is 0.500. The molecule has 0 spiro atoms. The number of benzene rings is 2.